The van der Waals surface area contributed by atoms with Crippen LogP contribution in [0.3, 0.4) is 0 Å². The summed E-state index contributed by atoms with van der Waals surface area (Å²) in [6.45, 7) is 1.26. The number of amides is 3. The van der Waals surface area contributed by atoms with Gasteiger partial charge < -0.3 is 19.7 Å². The average molecular weight is 326 g/mol. The lowest BCUT2D eigenvalue weighted by Crippen LogP contribution is -2.60. The maximum absolute atomic E-state index is 12.8. The Hall–Kier alpha value is -2.50. The minimum absolute atomic E-state index is 0.0845. The quantitative estimate of drug-likeness (QED) is 0.876. The van der Waals surface area contributed by atoms with E-state index in [-0.39, 0.29) is 18.1 Å². The first-order chi connectivity index (χ1) is 11.6. The van der Waals surface area contributed by atoms with E-state index in [9.17, 15) is 9.59 Å². The van der Waals surface area contributed by atoms with E-state index in [4.69, 9.17) is 0 Å². The number of anilines is 1. The van der Waals surface area contributed by atoms with Gasteiger partial charge in [0.1, 0.15) is 6.17 Å². The summed E-state index contributed by atoms with van der Waals surface area (Å²) in [7, 11) is 1.99. The number of nitrogens with zero attached hydrogens (tertiary/aromatic N) is 3. The molecule has 2 aliphatic heterocycles. The summed E-state index contributed by atoms with van der Waals surface area (Å²) in [6, 6.07) is 7.86. The van der Waals surface area contributed by atoms with Crippen LogP contribution in [0.25, 0.3) is 10.9 Å². The molecule has 2 saturated heterocycles. The summed E-state index contributed by atoms with van der Waals surface area (Å²) in [5.41, 5.74) is 1.87. The van der Waals surface area contributed by atoms with Crippen LogP contribution in [-0.4, -0.2) is 45.6 Å². The fourth-order valence-electron chi connectivity index (χ4n) is 3.81. The molecule has 1 unspecified atom stereocenters. The Bertz CT molecular complexity index is 797. The van der Waals surface area contributed by atoms with Crippen LogP contribution in [0.2, 0.25) is 0 Å². The lowest BCUT2D eigenvalue weighted by Gasteiger charge is -2.46. The lowest BCUT2D eigenvalue weighted by atomic mass is 10.0. The van der Waals surface area contributed by atoms with Crippen molar-refractivity contribution in [2.45, 2.75) is 31.8 Å². The molecule has 2 aromatic rings. The molecule has 126 valence electrons. The van der Waals surface area contributed by atoms with Crippen molar-refractivity contribution in [3.05, 3.63) is 30.5 Å². The number of hydrogen-bond donors (Lipinski definition) is 1. The fraction of sp³-hybridized carbons (Fsp3) is 0.444. The molecule has 1 N–H and O–H groups in total. The first kappa shape index (κ1) is 15.1. The molecule has 0 saturated carbocycles. The molecule has 1 aromatic carbocycles. The smallest absolute Gasteiger partial charge is 0.323 e. The number of hydrogen-bond acceptors (Lipinski definition) is 2. The fourth-order valence-corrected chi connectivity index (χ4v) is 3.81. The molecule has 24 heavy (non-hydrogen) atoms. The van der Waals surface area contributed by atoms with Gasteiger partial charge in [0.05, 0.1) is 0 Å². The van der Waals surface area contributed by atoms with Gasteiger partial charge in [0.25, 0.3) is 0 Å². The standard InChI is InChI=1S/C18H22N4O2/c1-20-10-7-13-5-6-14(12-15(13)20)19-18(24)22-11-8-17(23)21-9-3-2-4-16(21)22/h5-7,10,12,16H,2-4,8-9,11H2,1H3,(H,19,24). The number of aryl methyl sites for hydroxylation is 1. The van der Waals surface area contributed by atoms with Gasteiger partial charge >= 0.3 is 6.03 Å². The minimum atomic E-state index is -0.118. The second-order valence-electron chi connectivity index (χ2n) is 6.64. The van der Waals surface area contributed by atoms with Crippen molar-refractivity contribution in [3.63, 3.8) is 0 Å². The number of carbonyl (C=O) groups excluding carboxylic acids is 2. The Morgan fingerprint density at radius 3 is 2.96 bits per heavy atom. The number of nitrogens with one attached hydrogen (secondary N) is 1. The van der Waals surface area contributed by atoms with Crippen LogP contribution in [0.4, 0.5) is 10.5 Å². The normalized spacial score (nSPS) is 21.0. The third-order valence-electron chi connectivity index (χ3n) is 5.12. The topological polar surface area (TPSA) is 57.6 Å². The van der Waals surface area contributed by atoms with Crippen molar-refractivity contribution in [1.29, 1.82) is 0 Å². The van der Waals surface area contributed by atoms with Gasteiger partial charge in [-0.3, -0.25) is 4.79 Å². The van der Waals surface area contributed by atoms with Crippen molar-refractivity contribution in [1.82, 2.24) is 14.4 Å². The van der Waals surface area contributed by atoms with Crippen LogP contribution in [0.15, 0.2) is 30.5 Å². The number of aromatic nitrogens is 1. The van der Waals surface area contributed by atoms with E-state index in [1.165, 1.54) is 0 Å². The predicted molar refractivity (Wildman–Crippen MR) is 92.6 cm³/mol. The molecule has 0 radical (unpaired) electrons. The van der Waals surface area contributed by atoms with Crippen molar-refractivity contribution in [3.8, 4) is 0 Å². The second kappa shape index (κ2) is 5.85. The van der Waals surface area contributed by atoms with E-state index in [0.717, 1.165) is 42.4 Å². The number of urea groups is 1. The zero-order valence-corrected chi connectivity index (χ0v) is 13.9. The number of rotatable bonds is 1. The molecule has 3 amide bonds. The maximum Gasteiger partial charge on any atom is 0.323 e. The minimum Gasteiger partial charge on any atom is -0.350 e. The predicted octanol–water partition coefficient (Wildman–Crippen LogP) is 2.75. The van der Waals surface area contributed by atoms with Gasteiger partial charge in [0, 0.05) is 44.0 Å². The molecule has 0 aliphatic carbocycles. The molecule has 0 bridgehead atoms. The molecule has 4 rings (SSSR count). The van der Waals surface area contributed by atoms with Crippen LogP contribution in [-0.2, 0) is 11.8 Å². The highest BCUT2D eigenvalue weighted by atomic mass is 16.2. The van der Waals surface area contributed by atoms with E-state index in [1.807, 2.05) is 45.8 Å². The molecule has 3 heterocycles. The Morgan fingerprint density at radius 2 is 2.08 bits per heavy atom. The van der Waals surface area contributed by atoms with Crippen LogP contribution in [0.5, 0.6) is 0 Å². The maximum atomic E-state index is 12.8. The average Bonchev–Trinajstić information content (AvgIpc) is 2.96. The zero-order chi connectivity index (χ0) is 16.7. The van der Waals surface area contributed by atoms with Gasteiger partial charge in [-0.25, -0.2) is 4.79 Å². The van der Waals surface area contributed by atoms with Gasteiger partial charge in [0.15, 0.2) is 0 Å². The molecule has 2 aliphatic rings. The number of piperidine rings is 1. The second-order valence-corrected chi connectivity index (χ2v) is 6.64. The van der Waals surface area contributed by atoms with Crippen molar-refractivity contribution >= 4 is 28.5 Å². The first-order valence-corrected chi connectivity index (χ1v) is 8.56. The van der Waals surface area contributed by atoms with E-state index >= 15 is 0 Å². The molecule has 1 aromatic heterocycles. The highest BCUT2D eigenvalue weighted by molar-refractivity contribution is 5.94. The van der Waals surface area contributed by atoms with Crippen LogP contribution in [0, 0.1) is 0 Å². The van der Waals surface area contributed by atoms with E-state index in [0.29, 0.717) is 13.0 Å². The Labute approximate surface area is 141 Å². The van der Waals surface area contributed by atoms with Crippen LogP contribution in [0.1, 0.15) is 25.7 Å². The first-order valence-electron chi connectivity index (χ1n) is 8.56. The molecule has 0 spiro atoms. The largest absolute Gasteiger partial charge is 0.350 e. The summed E-state index contributed by atoms with van der Waals surface area (Å²) >= 11 is 0. The van der Waals surface area contributed by atoms with Gasteiger partial charge in [-0.1, -0.05) is 6.07 Å². The highest BCUT2D eigenvalue weighted by Crippen LogP contribution is 2.26. The molecular formula is C18H22N4O2. The van der Waals surface area contributed by atoms with Crippen LogP contribution >= 0.6 is 0 Å². The Kier molecular flexibility index (Phi) is 3.67. The third kappa shape index (κ3) is 2.52. The number of carbonyl (C=O) groups is 2. The monoisotopic (exact) mass is 326 g/mol. The van der Waals surface area contributed by atoms with Gasteiger partial charge in [-0.15, -0.1) is 0 Å². The molecular weight excluding hydrogens is 304 g/mol. The summed E-state index contributed by atoms with van der Waals surface area (Å²) in [4.78, 5) is 28.5. The van der Waals surface area contributed by atoms with E-state index in [2.05, 4.69) is 11.4 Å². The Morgan fingerprint density at radius 1 is 1.21 bits per heavy atom. The summed E-state index contributed by atoms with van der Waals surface area (Å²) < 4.78 is 2.04. The van der Waals surface area contributed by atoms with Crippen molar-refractivity contribution in [2.24, 2.45) is 7.05 Å². The Balaban J connectivity index is 1.54. The van der Waals surface area contributed by atoms with E-state index in [1.54, 1.807) is 0 Å². The molecule has 6 nitrogen and oxygen atoms in total. The SMILES string of the molecule is Cn1ccc2ccc(NC(=O)N3CCC(=O)N4CCCCC43)cc21. The zero-order valence-electron chi connectivity index (χ0n) is 13.9. The number of fused-ring (bicyclic) bond motifs is 2. The summed E-state index contributed by atoms with van der Waals surface area (Å²) in [5, 5.41) is 4.15. The third-order valence-corrected chi connectivity index (χ3v) is 5.12. The number of benzene rings is 1. The molecule has 2 fully saturated rings. The summed E-state index contributed by atoms with van der Waals surface area (Å²) in [5.74, 6) is 0.175. The molecule has 1 atom stereocenters. The molecule has 6 heteroatoms. The van der Waals surface area contributed by atoms with Crippen molar-refractivity contribution in [2.75, 3.05) is 18.4 Å². The highest BCUT2D eigenvalue weighted by Gasteiger charge is 2.37. The van der Waals surface area contributed by atoms with Crippen molar-refractivity contribution < 1.29 is 9.59 Å². The van der Waals surface area contributed by atoms with Gasteiger partial charge in [-0.2, -0.15) is 0 Å². The van der Waals surface area contributed by atoms with Gasteiger partial charge in [0.2, 0.25) is 5.91 Å². The van der Waals surface area contributed by atoms with E-state index < -0.39 is 0 Å². The van der Waals surface area contributed by atoms with Gasteiger partial charge in [-0.05, 0) is 42.8 Å². The lowest BCUT2D eigenvalue weighted by molar-refractivity contribution is -0.144. The summed E-state index contributed by atoms with van der Waals surface area (Å²) in [6.07, 6.45) is 5.30. The van der Waals surface area contributed by atoms with Crippen LogP contribution < -0.4 is 5.32 Å².